The van der Waals surface area contributed by atoms with Crippen molar-refractivity contribution in [2.75, 3.05) is 52.8 Å². The summed E-state index contributed by atoms with van der Waals surface area (Å²) in [5, 5.41) is 3.39. The minimum Gasteiger partial charge on any atom is -0.298 e. The van der Waals surface area contributed by atoms with E-state index in [1.165, 1.54) is 0 Å². The third-order valence-electron chi connectivity index (χ3n) is 2.96. The van der Waals surface area contributed by atoms with Gasteiger partial charge in [-0.25, -0.2) is 9.80 Å². The van der Waals surface area contributed by atoms with Crippen LogP contribution in [-0.2, 0) is 0 Å². The molecule has 0 saturated carbocycles. The van der Waals surface area contributed by atoms with Gasteiger partial charge in [0.05, 0.1) is 33.6 Å². The van der Waals surface area contributed by atoms with Crippen LogP contribution in [0.5, 0.6) is 0 Å². The van der Waals surface area contributed by atoms with E-state index in [2.05, 4.69) is 28.2 Å². The summed E-state index contributed by atoms with van der Waals surface area (Å²) in [7, 11) is 2.31. The summed E-state index contributed by atoms with van der Waals surface area (Å²) in [6.07, 6.45) is 4.24. The Balaban J connectivity index is 1.93. The zero-order valence-corrected chi connectivity index (χ0v) is 10.1. The van der Waals surface area contributed by atoms with Gasteiger partial charge in [0.1, 0.15) is 13.3 Å². The molecule has 2 fully saturated rings. The number of halogens is 1. The number of fused-ring (bicyclic) bond motifs is 2. The Hall–Kier alpha value is -0.130. The van der Waals surface area contributed by atoms with E-state index in [0.717, 1.165) is 44.4 Å². The summed E-state index contributed by atoms with van der Waals surface area (Å²) in [6, 6.07) is 0. The summed E-state index contributed by atoms with van der Waals surface area (Å²) in [5.74, 6) is 0.620. The second kappa shape index (κ2) is 4.80. The van der Waals surface area contributed by atoms with Crippen LogP contribution in [0.2, 0.25) is 0 Å². The van der Waals surface area contributed by atoms with Crippen LogP contribution in [0.15, 0.2) is 12.2 Å². The number of likely N-dealkylation sites (N-methyl/N-ethyl adjacent to an activating group) is 1. The van der Waals surface area contributed by atoms with Gasteiger partial charge in [0, 0.05) is 5.88 Å². The predicted octanol–water partition coefficient (Wildman–Crippen LogP) is 0.236. The van der Waals surface area contributed by atoms with E-state index in [4.69, 9.17) is 11.6 Å². The summed E-state index contributed by atoms with van der Waals surface area (Å²) in [6.45, 7) is 6.46. The number of nitrogens with zero attached hydrogens (tertiary/aromatic N) is 3. The second-order valence-electron chi connectivity index (χ2n) is 4.76. The Bertz CT molecular complexity index is 232. The lowest BCUT2D eigenvalue weighted by molar-refractivity contribution is -0.932. The van der Waals surface area contributed by atoms with Gasteiger partial charge in [-0.05, 0) is 6.08 Å². The van der Waals surface area contributed by atoms with Gasteiger partial charge in [-0.15, -0.1) is 11.6 Å². The third-order valence-corrected chi connectivity index (χ3v) is 3.13. The molecular formula is C10H20ClN4+. The molecule has 0 aromatic rings. The normalized spacial score (nSPS) is 40.9. The van der Waals surface area contributed by atoms with Gasteiger partial charge in [0.2, 0.25) is 0 Å². The maximum atomic E-state index is 5.64. The molecule has 2 bridgehead atoms. The van der Waals surface area contributed by atoms with E-state index in [1.807, 2.05) is 6.08 Å². The molecule has 0 aliphatic carbocycles. The van der Waals surface area contributed by atoms with Gasteiger partial charge in [0.25, 0.3) is 0 Å². The standard InChI is InChI=1S/C10H20ClN4/c1-15(5-3-2-4-11)9-13-6-12-7-14(8-13)10-15/h2-3,12H,4-10H2,1H3/q+1. The van der Waals surface area contributed by atoms with E-state index >= 15 is 0 Å². The Morgan fingerprint density at radius 1 is 1.27 bits per heavy atom. The maximum Gasteiger partial charge on any atom is 0.138 e. The average Bonchev–Trinajstić information content (AvgIpc) is 2.17. The first-order valence-electron chi connectivity index (χ1n) is 5.42. The topological polar surface area (TPSA) is 18.5 Å². The van der Waals surface area contributed by atoms with Gasteiger partial charge < -0.3 is 0 Å². The van der Waals surface area contributed by atoms with Crippen LogP contribution in [0.25, 0.3) is 0 Å². The first-order valence-corrected chi connectivity index (χ1v) is 5.95. The molecule has 2 atom stereocenters. The summed E-state index contributed by atoms with van der Waals surface area (Å²) in [5.41, 5.74) is 0. The van der Waals surface area contributed by atoms with Crippen molar-refractivity contribution < 1.29 is 4.48 Å². The Kier molecular flexibility index (Phi) is 3.64. The van der Waals surface area contributed by atoms with Crippen molar-refractivity contribution in [2.24, 2.45) is 0 Å². The fraction of sp³-hybridized carbons (Fsp3) is 0.800. The average molecular weight is 232 g/mol. The predicted molar refractivity (Wildman–Crippen MR) is 62.1 cm³/mol. The van der Waals surface area contributed by atoms with Gasteiger partial charge in [-0.1, -0.05) is 6.08 Å². The number of nitrogens with one attached hydrogen (secondary N) is 1. The number of alkyl halides is 1. The molecule has 2 unspecified atom stereocenters. The molecule has 5 heteroatoms. The first kappa shape index (κ1) is 11.4. The summed E-state index contributed by atoms with van der Waals surface area (Å²) < 4.78 is 1.06. The van der Waals surface area contributed by atoms with Crippen LogP contribution in [0.3, 0.4) is 0 Å². The lowest BCUT2D eigenvalue weighted by atomic mass is 10.3. The molecule has 2 aliphatic heterocycles. The minimum absolute atomic E-state index is 0.620. The second-order valence-corrected chi connectivity index (χ2v) is 5.07. The molecule has 0 aromatic carbocycles. The minimum atomic E-state index is 0.620. The van der Waals surface area contributed by atoms with Gasteiger partial charge in [0.15, 0.2) is 0 Å². The van der Waals surface area contributed by atoms with Crippen LogP contribution in [-0.4, -0.2) is 67.1 Å². The smallest absolute Gasteiger partial charge is 0.138 e. The van der Waals surface area contributed by atoms with Gasteiger partial charge >= 0.3 is 0 Å². The van der Waals surface area contributed by atoms with Crippen molar-refractivity contribution >= 4 is 11.6 Å². The molecule has 0 amide bonds. The van der Waals surface area contributed by atoms with Crippen LogP contribution in [0.4, 0.5) is 0 Å². The number of rotatable bonds is 3. The van der Waals surface area contributed by atoms with Crippen molar-refractivity contribution in [1.29, 1.82) is 0 Å². The number of quaternary nitrogens is 1. The Morgan fingerprint density at radius 3 is 2.53 bits per heavy atom. The van der Waals surface area contributed by atoms with E-state index < -0.39 is 0 Å². The molecule has 1 N–H and O–H groups in total. The molecule has 86 valence electrons. The van der Waals surface area contributed by atoms with Crippen LogP contribution < -0.4 is 5.32 Å². The van der Waals surface area contributed by atoms with E-state index in [0.29, 0.717) is 5.88 Å². The zero-order valence-electron chi connectivity index (χ0n) is 9.32. The largest absolute Gasteiger partial charge is 0.298 e. The van der Waals surface area contributed by atoms with Crippen LogP contribution in [0, 0.1) is 0 Å². The zero-order chi connectivity index (χ0) is 10.7. The van der Waals surface area contributed by atoms with Crippen LogP contribution in [0.1, 0.15) is 0 Å². The molecule has 4 nitrogen and oxygen atoms in total. The number of allylic oxidation sites excluding steroid dienone is 1. The quantitative estimate of drug-likeness (QED) is 0.427. The van der Waals surface area contributed by atoms with Crippen molar-refractivity contribution in [3.8, 4) is 0 Å². The highest BCUT2D eigenvalue weighted by Gasteiger charge is 2.35. The van der Waals surface area contributed by atoms with Gasteiger partial charge in [-0.3, -0.25) is 9.80 Å². The SMILES string of the molecule is C[N+]1(CC=CCCl)CN2CNCN(C2)C1. The monoisotopic (exact) mass is 231 g/mol. The first-order chi connectivity index (χ1) is 7.22. The van der Waals surface area contributed by atoms with Crippen molar-refractivity contribution in [1.82, 2.24) is 15.1 Å². The van der Waals surface area contributed by atoms with Crippen molar-refractivity contribution in [3.63, 3.8) is 0 Å². The van der Waals surface area contributed by atoms with Crippen molar-refractivity contribution in [3.05, 3.63) is 12.2 Å². The summed E-state index contributed by atoms with van der Waals surface area (Å²) >= 11 is 5.64. The number of hydrogen-bond donors (Lipinski definition) is 1. The molecule has 2 aliphatic rings. The van der Waals surface area contributed by atoms with E-state index in [9.17, 15) is 0 Å². The van der Waals surface area contributed by atoms with Crippen molar-refractivity contribution in [2.45, 2.75) is 0 Å². The fourth-order valence-electron chi connectivity index (χ4n) is 2.46. The molecule has 2 rings (SSSR count). The lowest BCUT2D eigenvalue weighted by Crippen LogP contribution is -2.69. The molecule has 2 saturated heterocycles. The Morgan fingerprint density at radius 2 is 1.93 bits per heavy atom. The van der Waals surface area contributed by atoms with E-state index in [-0.39, 0.29) is 0 Å². The van der Waals surface area contributed by atoms with Gasteiger partial charge in [-0.2, -0.15) is 0 Å². The fourth-order valence-corrected chi connectivity index (χ4v) is 2.58. The third kappa shape index (κ3) is 2.92. The molecule has 0 radical (unpaired) electrons. The molecule has 2 heterocycles. The molecule has 0 aromatic heterocycles. The highest BCUT2D eigenvalue weighted by atomic mass is 35.5. The molecule has 0 spiro atoms. The molecule has 15 heavy (non-hydrogen) atoms. The lowest BCUT2D eigenvalue weighted by Gasteiger charge is -2.49. The van der Waals surface area contributed by atoms with E-state index in [1.54, 1.807) is 0 Å². The highest BCUT2D eigenvalue weighted by molar-refractivity contribution is 6.18. The highest BCUT2D eigenvalue weighted by Crippen LogP contribution is 2.15. The molecular weight excluding hydrogens is 212 g/mol. The number of hydrogen-bond acceptors (Lipinski definition) is 3. The van der Waals surface area contributed by atoms with Crippen LogP contribution >= 0.6 is 11.6 Å². The summed E-state index contributed by atoms with van der Waals surface area (Å²) in [4.78, 5) is 4.89. The maximum absolute atomic E-state index is 5.64. The Labute approximate surface area is 96.7 Å².